The first-order chi connectivity index (χ1) is 17.2. The van der Waals surface area contributed by atoms with Crippen LogP contribution in [0.25, 0.3) is 21.5 Å². The van der Waals surface area contributed by atoms with Gasteiger partial charge >= 0.3 is 0 Å². The van der Waals surface area contributed by atoms with Crippen LogP contribution in [0.3, 0.4) is 0 Å². The van der Waals surface area contributed by atoms with Crippen LogP contribution >= 0.6 is 11.3 Å². The van der Waals surface area contributed by atoms with Crippen LogP contribution in [0.15, 0.2) is 65.4 Å². The lowest BCUT2D eigenvalue weighted by molar-refractivity contribution is 0.103. The summed E-state index contributed by atoms with van der Waals surface area (Å²) in [6.45, 7) is 0. The van der Waals surface area contributed by atoms with Crippen LogP contribution in [0.1, 0.15) is 15.9 Å². The van der Waals surface area contributed by atoms with Crippen molar-refractivity contribution in [1.82, 2.24) is 15.0 Å². The molecule has 36 heavy (non-hydrogen) atoms. The SMILES string of the molecule is O=C(c1c(F)ccc(NS(=O)(=O)c2cc(F)ccc2F)c1F)c1c[nH]c2ncc(-c3cncs3)cc12. The van der Waals surface area contributed by atoms with E-state index < -0.39 is 55.2 Å². The Hall–Kier alpha value is -4.10. The smallest absolute Gasteiger partial charge is 0.265 e. The minimum absolute atomic E-state index is 0.113. The quantitative estimate of drug-likeness (QED) is 0.229. The second-order valence-electron chi connectivity index (χ2n) is 7.48. The number of nitrogens with one attached hydrogen (secondary N) is 2. The van der Waals surface area contributed by atoms with Crippen LogP contribution in [0.2, 0.25) is 0 Å². The molecule has 0 aliphatic heterocycles. The molecule has 0 unspecified atom stereocenters. The van der Waals surface area contributed by atoms with Crippen molar-refractivity contribution in [2.45, 2.75) is 4.90 Å². The van der Waals surface area contributed by atoms with Gasteiger partial charge in [-0.25, -0.2) is 31.0 Å². The van der Waals surface area contributed by atoms with E-state index in [1.165, 1.54) is 17.5 Å². The van der Waals surface area contributed by atoms with E-state index in [4.69, 9.17) is 0 Å². The zero-order chi connectivity index (χ0) is 25.6. The molecule has 0 saturated carbocycles. The molecule has 5 aromatic rings. The topological polar surface area (TPSA) is 105 Å². The van der Waals surface area contributed by atoms with Gasteiger partial charge in [0.25, 0.3) is 10.0 Å². The third-order valence-corrected chi connectivity index (χ3v) is 7.44. The Morgan fingerprint density at radius 3 is 2.53 bits per heavy atom. The van der Waals surface area contributed by atoms with E-state index in [1.807, 2.05) is 0 Å². The number of fused-ring (bicyclic) bond motifs is 1. The molecule has 0 amide bonds. The molecule has 7 nitrogen and oxygen atoms in total. The summed E-state index contributed by atoms with van der Waals surface area (Å²) in [5, 5.41) is 0.275. The lowest BCUT2D eigenvalue weighted by atomic mass is 10.0. The Kier molecular flexibility index (Phi) is 5.80. The van der Waals surface area contributed by atoms with E-state index in [0.717, 1.165) is 10.9 Å². The predicted octanol–water partition coefficient (Wildman–Crippen LogP) is 5.27. The highest BCUT2D eigenvalue weighted by Gasteiger charge is 2.27. The number of H-pyrrole nitrogens is 1. The monoisotopic (exact) mass is 532 g/mol. The number of benzene rings is 2. The van der Waals surface area contributed by atoms with Crippen molar-refractivity contribution in [2.24, 2.45) is 0 Å². The number of ketones is 1. The summed E-state index contributed by atoms with van der Waals surface area (Å²) in [5.74, 6) is -6.19. The number of aromatic amines is 1. The standard InChI is InChI=1S/C23H12F4N4O3S2/c24-12-1-2-15(25)19(6-12)36(33,34)31-17-4-3-16(26)20(21(17)27)22(32)14-8-30-23-13(14)5-11(7-29-23)18-9-28-10-35-18/h1-10,31H,(H,29,30). The summed E-state index contributed by atoms with van der Waals surface area (Å²) in [7, 11) is -4.82. The van der Waals surface area contributed by atoms with Crippen LogP contribution in [0.5, 0.6) is 0 Å². The molecule has 182 valence electrons. The van der Waals surface area contributed by atoms with Gasteiger partial charge in [0.2, 0.25) is 5.78 Å². The number of carbonyl (C=O) groups is 1. The van der Waals surface area contributed by atoms with E-state index in [-0.39, 0.29) is 16.6 Å². The molecule has 0 aliphatic rings. The highest BCUT2D eigenvalue weighted by molar-refractivity contribution is 7.92. The molecule has 13 heteroatoms. The average Bonchev–Trinajstić information content (AvgIpc) is 3.52. The molecule has 0 aliphatic carbocycles. The third kappa shape index (κ3) is 4.12. The minimum atomic E-state index is -4.82. The molecule has 0 atom stereocenters. The van der Waals surface area contributed by atoms with E-state index in [2.05, 4.69) is 15.0 Å². The average molecular weight is 533 g/mol. The molecule has 0 saturated heterocycles. The Morgan fingerprint density at radius 2 is 1.78 bits per heavy atom. The van der Waals surface area contributed by atoms with Crippen molar-refractivity contribution >= 4 is 43.9 Å². The second kappa shape index (κ2) is 8.84. The molecule has 0 fully saturated rings. The number of rotatable bonds is 6. The first-order valence-electron chi connectivity index (χ1n) is 10.0. The Labute approximate surface area is 204 Å². The van der Waals surface area contributed by atoms with Gasteiger partial charge in [-0.3, -0.25) is 14.5 Å². The van der Waals surface area contributed by atoms with Crippen molar-refractivity contribution in [3.63, 3.8) is 0 Å². The number of sulfonamides is 1. The van der Waals surface area contributed by atoms with Gasteiger partial charge in [0, 0.05) is 35.1 Å². The van der Waals surface area contributed by atoms with Crippen LogP contribution in [0, 0.1) is 23.3 Å². The number of carbonyl (C=O) groups excluding carboxylic acids is 1. The van der Waals surface area contributed by atoms with E-state index in [1.54, 1.807) is 28.7 Å². The summed E-state index contributed by atoms with van der Waals surface area (Å²) in [5.41, 5.74) is 0.531. The summed E-state index contributed by atoms with van der Waals surface area (Å²) in [4.78, 5) is 23.8. The minimum Gasteiger partial charge on any atom is -0.345 e. The zero-order valence-corrected chi connectivity index (χ0v) is 19.4. The molecule has 5 rings (SSSR count). The summed E-state index contributed by atoms with van der Waals surface area (Å²) >= 11 is 1.33. The molecule has 0 radical (unpaired) electrons. The maximum Gasteiger partial charge on any atom is 0.265 e. The first kappa shape index (κ1) is 23.6. The molecular formula is C23H12F4N4O3S2. The Morgan fingerprint density at radius 1 is 1.00 bits per heavy atom. The maximum absolute atomic E-state index is 15.3. The van der Waals surface area contributed by atoms with E-state index >= 15 is 4.39 Å². The fourth-order valence-corrected chi connectivity index (χ4v) is 5.30. The fraction of sp³-hybridized carbons (Fsp3) is 0. The first-order valence-corrected chi connectivity index (χ1v) is 12.4. The van der Waals surface area contributed by atoms with Crippen LogP contribution in [-0.4, -0.2) is 29.2 Å². The Bertz CT molecular complexity index is 1750. The zero-order valence-electron chi connectivity index (χ0n) is 17.7. The fourth-order valence-electron chi connectivity index (χ4n) is 3.54. The van der Waals surface area contributed by atoms with Crippen molar-refractivity contribution in [3.8, 4) is 10.4 Å². The molecule has 2 aromatic carbocycles. The van der Waals surface area contributed by atoms with Crippen molar-refractivity contribution in [2.75, 3.05) is 4.72 Å². The third-order valence-electron chi connectivity index (χ3n) is 5.24. The summed E-state index contributed by atoms with van der Waals surface area (Å²) in [6.07, 6.45) is 4.37. The van der Waals surface area contributed by atoms with Crippen LogP contribution < -0.4 is 4.72 Å². The van der Waals surface area contributed by atoms with Gasteiger partial charge in [0.1, 0.15) is 28.0 Å². The van der Waals surface area contributed by atoms with Crippen LogP contribution in [-0.2, 0) is 10.0 Å². The largest absolute Gasteiger partial charge is 0.345 e. The van der Waals surface area contributed by atoms with Crippen molar-refractivity contribution in [1.29, 1.82) is 0 Å². The summed E-state index contributed by atoms with van der Waals surface area (Å²) in [6, 6.07) is 4.73. The second-order valence-corrected chi connectivity index (χ2v) is 10.0. The number of nitrogens with zero attached hydrogens (tertiary/aromatic N) is 2. The molecule has 2 N–H and O–H groups in total. The lowest BCUT2D eigenvalue weighted by Crippen LogP contribution is -2.17. The van der Waals surface area contributed by atoms with Gasteiger partial charge in [0.05, 0.1) is 21.6 Å². The van der Waals surface area contributed by atoms with Crippen LogP contribution in [0.4, 0.5) is 23.2 Å². The number of hydrogen-bond donors (Lipinski definition) is 2. The van der Waals surface area contributed by atoms with E-state index in [9.17, 15) is 26.4 Å². The number of thiazole rings is 1. The predicted molar refractivity (Wildman–Crippen MR) is 124 cm³/mol. The Balaban J connectivity index is 1.56. The number of halogens is 4. The normalized spacial score (nSPS) is 11.7. The van der Waals surface area contributed by atoms with Crippen molar-refractivity contribution < 1.29 is 30.8 Å². The number of anilines is 1. The molecule has 3 aromatic heterocycles. The lowest BCUT2D eigenvalue weighted by Gasteiger charge is -2.12. The van der Waals surface area contributed by atoms with Gasteiger partial charge < -0.3 is 4.98 Å². The van der Waals surface area contributed by atoms with E-state index in [0.29, 0.717) is 29.8 Å². The number of aromatic nitrogens is 3. The van der Waals surface area contributed by atoms with Gasteiger partial charge in [-0.15, -0.1) is 11.3 Å². The highest BCUT2D eigenvalue weighted by Crippen LogP contribution is 2.31. The highest BCUT2D eigenvalue weighted by atomic mass is 32.2. The van der Waals surface area contributed by atoms with Gasteiger partial charge in [0.15, 0.2) is 5.82 Å². The molecular weight excluding hydrogens is 520 g/mol. The van der Waals surface area contributed by atoms with Gasteiger partial charge in [-0.2, -0.15) is 0 Å². The number of hydrogen-bond acceptors (Lipinski definition) is 6. The number of pyridine rings is 1. The van der Waals surface area contributed by atoms with Gasteiger partial charge in [-0.1, -0.05) is 0 Å². The molecule has 0 bridgehead atoms. The summed E-state index contributed by atoms with van der Waals surface area (Å²) < 4.78 is 84.4. The molecule has 3 heterocycles. The van der Waals surface area contributed by atoms with Gasteiger partial charge in [-0.05, 0) is 36.4 Å². The molecule has 0 spiro atoms. The maximum atomic E-state index is 15.3. The van der Waals surface area contributed by atoms with Crippen molar-refractivity contribution in [3.05, 3.63) is 94.9 Å².